The number of hydrogen-bond acceptors (Lipinski definition) is 3. The summed E-state index contributed by atoms with van der Waals surface area (Å²) in [5.41, 5.74) is 4.96. The summed E-state index contributed by atoms with van der Waals surface area (Å²) in [5.74, 6) is 0.284. The molecule has 0 fully saturated rings. The number of benzene rings is 2. The van der Waals surface area contributed by atoms with Crippen molar-refractivity contribution >= 4 is 11.4 Å². The minimum atomic E-state index is 0.284. The fraction of sp³-hybridized carbons (Fsp3) is 0.294. The number of rotatable bonds is 4. The quantitative estimate of drug-likeness (QED) is 0.757. The lowest BCUT2D eigenvalue weighted by Gasteiger charge is -2.07. The van der Waals surface area contributed by atoms with Gasteiger partial charge >= 0.3 is 0 Å². The van der Waals surface area contributed by atoms with Gasteiger partial charge in [0.1, 0.15) is 5.75 Å². The van der Waals surface area contributed by atoms with Crippen LogP contribution < -0.4 is 0 Å². The van der Waals surface area contributed by atoms with Crippen LogP contribution in [0, 0.1) is 6.92 Å². The van der Waals surface area contributed by atoms with E-state index < -0.39 is 0 Å². The molecule has 0 unspecified atom stereocenters. The van der Waals surface area contributed by atoms with E-state index >= 15 is 0 Å². The van der Waals surface area contributed by atoms with Crippen LogP contribution in [-0.4, -0.2) is 5.11 Å². The lowest BCUT2D eigenvalue weighted by molar-refractivity contribution is 0.471. The van der Waals surface area contributed by atoms with Crippen LogP contribution >= 0.6 is 0 Å². The maximum absolute atomic E-state index is 9.52. The van der Waals surface area contributed by atoms with E-state index in [4.69, 9.17) is 0 Å². The van der Waals surface area contributed by atoms with Crippen molar-refractivity contribution in [1.29, 1.82) is 0 Å². The Bertz CT molecular complexity index is 611. The lowest BCUT2D eigenvalue weighted by Crippen LogP contribution is -1.87. The summed E-state index contributed by atoms with van der Waals surface area (Å²) >= 11 is 0. The minimum absolute atomic E-state index is 0.284. The van der Waals surface area contributed by atoms with E-state index in [9.17, 15) is 5.11 Å². The van der Waals surface area contributed by atoms with Gasteiger partial charge in [0.2, 0.25) is 0 Å². The highest BCUT2D eigenvalue weighted by atomic mass is 16.3. The van der Waals surface area contributed by atoms with Gasteiger partial charge in [-0.2, -0.15) is 5.11 Å². The lowest BCUT2D eigenvalue weighted by atomic mass is 10.0. The monoisotopic (exact) mass is 268 g/mol. The first-order chi connectivity index (χ1) is 9.65. The van der Waals surface area contributed by atoms with Crippen molar-refractivity contribution in [2.75, 3.05) is 0 Å². The molecule has 2 aromatic carbocycles. The number of hydrogen-bond donors (Lipinski definition) is 1. The smallest absolute Gasteiger partial charge is 0.118 e. The Morgan fingerprint density at radius 2 is 1.60 bits per heavy atom. The molecule has 20 heavy (non-hydrogen) atoms. The van der Waals surface area contributed by atoms with Gasteiger partial charge in [-0.3, -0.25) is 0 Å². The molecule has 0 bridgehead atoms. The van der Waals surface area contributed by atoms with Gasteiger partial charge in [0.25, 0.3) is 0 Å². The molecule has 0 spiro atoms. The Balaban J connectivity index is 2.37. The highest BCUT2D eigenvalue weighted by molar-refractivity contribution is 5.54. The molecule has 0 aliphatic heterocycles. The van der Waals surface area contributed by atoms with Crippen LogP contribution in [0.15, 0.2) is 46.6 Å². The predicted octanol–water partition coefficient (Wildman–Crippen LogP) is 5.24. The number of nitrogens with zero attached hydrogens (tertiary/aromatic N) is 2. The molecule has 0 radical (unpaired) electrons. The van der Waals surface area contributed by atoms with Crippen molar-refractivity contribution in [3.05, 3.63) is 53.1 Å². The molecule has 0 atom stereocenters. The van der Waals surface area contributed by atoms with E-state index in [0.29, 0.717) is 0 Å². The van der Waals surface area contributed by atoms with Crippen LogP contribution in [-0.2, 0) is 12.8 Å². The van der Waals surface area contributed by atoms with Gasteiger partial charge in [0.05, 0.1) is 11.4 Å². The molecule has 3 nitrogen and oxygen atoms in total. The van der Waals surface area contributed by atoms with Crippen molar-refractivity contribution in [3.8, 4) is 5.75 Å². The van der Waals surface area contributed by atoms with Crippen LogP contribution in [0.3, 0.4) is 0 Å². The topological polar surface area (TPSA) is 45.0 Å². The molecule has 0 saturated heterocycles. The van der Waals surface area contributed by atoms with E-state index in [-0.39, 0.29) is 5.75 Å². The van der Waals surface area contributed by atoms with Gasteiger partial charge in [-0.05, 0) is 54.7 Å². The molecular weight excluding hydrogens is 248 g/mol. The second-order valence-electron chi connectivity index (χ2n) is 4.80. The molecule has 0 saturated carbocycles. The van der Waals surface area contributed by atoms with Crippen LogP contribution in [0.2, 0.25) is 0 Å². The summed E-state index contributed by atoms with van der Waals surface area (Å²) in [7, 11) is 0. The highest BCUT2D eigenvalue weighted by Crippen LogP contribution is 2.29. The predicted molar refractivity (Wildman–Crippen MR) is 82.2 cm³/mol. The Hall–Kier alpha value is -2.16. The average Bonchev–Trinajstić information content (AvgIpc) is 2.48. The van der Waals surface area contributed by atoms with Crippen molar-refractivity contribution in [3.63, 3.8) is 0 Å². The summed E-state index contributed by atoms with van der Waals surface area (Å²) in [6, 6.07) is 11.5. The average molecular weight is 268 g/mol. The maximum atomic E-state index is 9.52. The Morgan fingerprint density at radius 3 is 2.15 bits per heavy atom. The Kier molecular flexibility index (Phi) is 4.51. The first-order valence-electron chi connectivity index (χ1n) is 6.97. The van der Waals surface area contributed by atoms with Gasteiger partial charge in [-0.15, -0.1) is 5.11 Å². The summed E-state index contributed by atoms with van der Waals surface area (Å²) in [5, 5.41) is 18.3. The SMILES string of the molecule is CCc1cccc(CC)c1N=Nc1ccc(O)c(C)c1. The number of aryl methyl sites for hydroxylation is 3. The third kappa shape index (κ3) is 3.05. The van der Waals surface area contributed by atoms with Crippen molar-refractivity contribution in [1.82, 2.24) is 0 Å². The molecule has 0 amide bonds. The molecule has 104 valence electrons. The standard InChI is InChI=1S/C17H20N2O/c1-4-13-7-6-8-14(5-2)17(13)19-18-15-9-10-16(20)12(3)11-15/h6-11,20H,4-5H2,1-3H3. The summed E-state index contributed by atoms with van der Waals surface area (Å²) in [4.78, 5) is 0. The van der Waals surface area contributed by atoms with Gasteiger partial charge in [-0.1, -0.05) is 32.0 Å². The van der Waals surface area contributed by atoms with Crippen molar-refractivity contribution in [2.24, 2.45) is 10.2 Å². The van der Waals surface area contributed by atoms with Crippen LogP contribution in [0.25, 0.3) is 0 Å². The molecule has 0 aromatic heterocycles. The number of phenolic OH excluding ortho intramolecular Hbond substituents is 1. The van der Waals surface area contributed by atoms with E-state index in [0.717, 1.165) is 29.8 Å². The van der Waals surface area contributed by atoms with Gasteiger partial charge in [0.15, 0.2) is 0 Å². The molecule has 0 aliphatic rings. The summed E-state index contributed by atoms with van der Waals surface area (Å²) in [6.45, 7) is 6.10. The van der Waals surface area contributed by atoms with Crippen molar-refractivity contribution in [2.45, 2.75) is 33.6 Å². The van der Waals surface area contributed by atoms with Gasteiger partial charge in [0, 0.05) is 0 Å². The minimum Gasteiger partial charge on any atom is -0.508 e. The molecular formula is C17H20N2O. The molecule has 1 N–H and O–H groups in total. The van der Waals surface area contributed by atoms with Crippen molar-refractivity contribution < 1.29 is 5.11 Å². The molecule has 2 aromatic rings. The fourth-order valence-corrected chi connectivity index (χ4v) is 2.15. The largest absolute Gasteiger partial charge is 0.508 e. The zero-order valence-corrected chi connectivity index (χ0v) is 12.2. The third-order valence-corrected chi connectivity index (χ3v) is 3.41. The number of phenols is 1. The third-order valence-electron chi connectivity index (χ3n) is 3.41. The van der Waals surface area contributed by atoms with Crippen LogP contribution in [0.5, 0.6) is 5.75 Å². The Labute approximate surface area is 120 Å². The van der Waals surface area contributed by atoms with Crippen LogP contribution in [0.1, 0.15) is 30.5 Å². The Morgan fingerprint density at radius 1 is 0.950 bits per heavy atom. The summed E-state index contributed by atoms with van der Waals surface area (Å²) < 4.78 is 0. The zero-order chi connectivity index (χ0) is 14.5. The molecule has 0 heterocycles. The molecule has 3 heteroatoms. The number of aromatic hydroxyl groups is 1. The summed E-state index contributed by atoms with van der Waals surface area (Å²) in [6.07, 6.45) is 1.88. The van der Waals surface area contributed by atoms with Gasteiger partial charge in [-0.25, -0.2) is 0 Å². The number of azo groups is 1. The van der Waals surface area contributed by atoms with E-state index in [1.54, 1.807) is 12.1 Å². The highest BCUT2D eigenvalue weighted by Gasteiger charge is 2.05. The normalized spacial score (nSPS) is 11.2. The first kappa shape index (κ1) is 14.3. The maximum Gasteiger partial charge on any atom is 0.118 e. The van der Waals surface area contributed by atoms with E-state index in [2.05, 4.69) is 42.3 Å². The van der Waals surface area contributed by atoms with E-state index in [1.807, 2.05) is 13.0 Å². The van der Waals surface area contributed by atoms with E-state index in [1.165, 1.54) is 11.1 Å². The van der Waals surface area contributed by atoms with Gasteiger partial charge < -0.3 is 5.11 Å². The fourth-order valence-electron chi connectivity index (χ4n) is 2.15. The second kappa shape index (κ2) is 6.33. The zero-order valence-electron chi connectivity index (χ0n) is 12.2. The molecule has 2 rings (SSSR count). The first-order valence-corrected chi connectivity index (χ1v) is 6.97. The second-order valence-corrected chi connectivity index (χ2v) is 4.80. The molecule has 0 aliphatic carbocycles. The van der Waals surface area contributed by atoms with Crippen LogP contribution in [0.4, 0.5) is 11.4 Å².